The lowest BCUT2D eigenvalue weighted by atomic mass is 10.2. The summed E-state index contributed by atoms with van der Waals surface area (Å²) in [6, 6.07) is 7.59. The summed E-state index contributed by atoms with van der Waals surface area (Å²) in [4.78, 5) is 22.2. The molecule has 8 heteroatoms. The Balaban J connectivity index is 1.65. The fourth-order valence-corrected chi connectivity index (χ4v) is 4.45. The van der Waals surface area contributed by atoms with Gasteiger partial charge in [-0.25, -0.2) is 4.98 Å². The Morgan fingerprint density at radius 2 is 2.07 bits per heavy atom. The number of aryl methyl sites for hydroxylation is 2. The van der Waals surface area contributed by atoms with E-state index in [-0.39, 0.29) is 5.91 Å². The van der Waals surface area contributed by atoms with Gasteiger partial charge >= 0.3 is 0 Å². The minimum absolute atomic E-state index is 0.0846. The van der Waals surface area contributed by atoms with Crippen molar-refractivity contribution in [1.82, 2.24) is 9.88 Å². The van der Waals surface area contributed by atoms with Crippen LogP contribution in [0.1, 0.15) is 21.9 Å². The second kappa shape index (κ2) is 8.52. The number of hydrogen-bond acceptors (Lipinski definition) is 7. The van der Waals surface area contributed by atoms with E-state index in [0.29, 0.717) is 23.0 Å². The molecule has 0 atom stereocenters. The first-order valence-electron chi connectivity index (χ1n) is 9.69. The summed E-state index contributed by atoms with van der Waals surface area (Å²) < 4.78 is 17.4. The molecule has 29 heavy (non-hydrogen) atoms. The highest BCUT2D eigenvalue weighted by molar-refractivity contribution is 7.22. The molecule has 0 radical (unpaired) electrons. The molecule has 154 valence electrons. The zero-order valence-corrected chi connectivity index (χ0v) is 17.8. The van der Waals surface area contributed by atoms with Crippen LogP contribution in [-0.2, 0) is 4.74 Å². The minimum Gasteiger partial charge on any atom is -0.497 e. The Hall–Kier alpha value is -2.42. The Labute approximate surface area is 173 Å². The fraction of sp³-hybridized carbons (Fsp3) is 0.429. The van der Waals surface area contributed by atoms with Crippen LogP contribution in [0, 0.1) is 13.8 Å². The molecule has 7 nitrogen and oxygen atoms in total. The van der Waals surface area contributed by atoms with Gasteiger partial charge in [0.15, 0.2) is 5.13 Å². The van der Waals surface area contributed by atoms with Gasteiger partial charge in [0.05, 0.1) is 36.1 Å². The standard InChI is InChI=1S/C21H25N3O4S/c1-14-12-17(15(2)28-14)20(25)24(7-6-23-8-10-27-11-9-23)21-22-18-13-16(26-3)4-5-19(18)29-21/h4-5,12-13H,6-11H2,1-3H3. The van der Waals surface area contributed by atoms with Gasteiger partial charge in [-0.3, -0.25) is 14.6 Å². The molecule has 3 heterocycles. The smallest absolute Gasteiger partial charge is 0.263 e. The lowest BCUT2D eigenvalue weighted by Crippen LogP contribution is -2.43. The van der Waals surface area contributed by atoms with E-state index in [9.17, 15) is 4.79 Å². The Morgan fingerprint density at radius 1 is 1.28 bits per heavy atom. The highest BCUT2D eigenvalue weighted by Crippen LogP contribution is 2.32. The van der Waals surface area contributed by atoms with Gasteiger partial charge in [0, 0.05) is 32.2 Å². The molecule has 0 N–H and O–H groups in total. The van der Waals surface area contributed by atoms with Gasteiger partial charge in [-0.1, -0.05) is 11.3 Å². The molecule has 1 amide bonds. The molecule has 1 aromatic carbocycles. The topological polar surface area (TPSA) is 68.0 Å². The molecule has 1 fully saturated rings. The number of carbonyl (C=O) groups is 1. The van der Waals surface area contributed by atoms with Crippen LogP contribution in [0.25, 0.3) is 10.2 Å². The molecule has 1 aliphatic heterocycles. The number of morpholine rings is 1. The number of rotatable bonds is 6. The molecule has 0 spiro atoms. The Bertz CT molecular complexity index is 1010. The number of benzene rings is 1. The van der Waals surface area contributed by atoms with Gasteiger partial charge < -0.3 is 13.9 Å². The number of aromatic nitrogens is 1. The van der Waals surface area contributed by atoms with E-state index in [1.165, 1.54) is 11.3 Å². The predicted octanol–water partition coefficient (Wildman–Crippen LogP) is 3.49. The molecule has 0 unspecified atom stereocenters. The van der Waals surface area contributed by atoms with E-state index in [2.05, 4.69) is 4.90 Å². The predicted molar refractivity (Wildman–Crippen MR) is 113 cm³/mol. The van der Waals surface area contributed by atoms with Gasteiger partial charge in [-0.2, -0.15) is 0 Å². The van der Waals surface area contributed by atoms with Crippen molar-refractivity contribution in [2.24, 2.45) is 0 Å². The number of methoxy groups -OCH3 is 1. The summed E-state index contributed by atoms with van der Waals surface area (Å²) in [5.41, 5.74) is 1.41. The number of hydrogen-bond donors (Lipinski definition) is 0. The molecule has 0 saturated carbocycles. The third-order valence-electron chi connectivity index (χ3n) is 5.07. The maximum absolute atomic E-state index is 13.4. The van der Waals surface area contributed by atoms with Crippen LogP contribution in [0.3, 0.4) is 0 Å². The van der Waals surface area contributed by atoms with E-state index in [0.717, 1.165) is 54.6 Å². The van der Waals surface area contributed by atoms with Crippen LogP contribution in [0.2, 0.25) is 0 Å². The summed E-state index contributed by atoms with van der Waals surface area (Å²) in [5.74, 6) is 2.03. The minimum atomic E-state index is -0.0846. The van der Waals surface area contributed by atoms with Gasteiger partial charge in [0.25, 0.3) is 5.91 Å². The number of fused-ring (bicyclic) bond motifs is 1. The molecule has 0 aliphatic carbocycles. The van der Waals surface area contributed by atoms with Crippen molar-refractivity contribution in [2.45, 2.75) is 13.8 Å². The summed E-state index contributed by atoms with van der Waals surface area (Å²) in [7, 11) is 1.64. The van der Waals surface area contributed by atoms with Gasteiger partial charge in [-0.15, -0.1) is 0 Å². The van der Waals surface area contributed by atoms with E-state index >= 15 is 0 Å². The third kappa shape index (κ3) is 4.29. The van der Waals surface area contributed by atoms with Crippen molar-refractivity contribution >= 4 is 32.6 Å². The number of furan rings is 1. The maximum atomic E-state index is 13.4. The first kappa shape index (κ1) is 19.9. The van der Waals surface area contributed by atoms with E-state index < -0.39 is 0 Å². The van der Waals surface area contributed by atoms with Crippen molar-refractivity contribution < 1.29 is 18.7 Å². The number of amides is 1. The molecular formula is C21H25N3O4S. The van der Waals surface area contributed by atoms with Crippen molar-refractivity contribution in [3.05, 3.63) is 41.3 Å². The van der Waals surface area contributed by atoms with Crippen LogP contribution in [0.5, 0.6) is 5.75 Å². The summed E-state index contributed by atoms with van der Waals surface area (Å²) in [6.45, 7) is 8.22. The summed E-state index contributed by atoms with van der Waals surface area (Å²) in [6.07, 6.45) is 0. The number of carbonyl (C=O) groups excluding carboxylic acids is 1. The van der Waals surface area contributed by atoms with Gasteiger partial charge in [0.1, 0.15) is 17.3 Å². The monoisotopic (exact) mass is 415 g/mol. The zero-order valence-electron chi connectivity index (χ0n) is 16.9. The number of anilines is 1. The van der Waals surface area contributed by atoms with Gasteiger partial charge in [-0.05, 0) is 32.0 Å². The highest BCUT2D eigenvalue weighted by atomic mass is 32.1. The first-order chi connectivity index (χ1) is 14.0. The number of thiazole rings is 1. The van der Waals surface area contributed by atoms with Gasteiger partial charge in [0.2, 0.25) is 0 Å². The molecule has 4 rings (SSSR count). The van der Waals surface area contributed by atoms with Crippen molar-refractivity contribution in [3.8, 4) is 5.75 Å². The normalized spacial score (nSPS) is 15.0. The van der Waals surface area contributed by atoms with Crippen molar-refractivity contribution in [2.75, 3.05) is 51.4 Å². The lowest BCUT2D eigenvalue weighted by molar-refractivity contribution is 0.0391. The number of nitrogens with zero attached hydrogens (tertiary/aromatic N) is 3. The second-order valence-corrected chi connectivity index (χ2v) is 8.08. The number of ether oxygens (including phenoxy) is 2. The zero-order chi connectivity index (χ0) is 20.4. The average molecular weight is 416 g/mol. The molecule has 1 aliphatic rings. The SMILES string of the molecule is COc1ccc2sc(N(CCN3CCOCC3)C(=O)c3cc(C)oc3C)nc2c1. The Morgan fingerprint density at radius 3 is 2.76 bits per heavy atom. The van der Waals surface area contributed by atoms with E-state index in [1.54, 1.807) is 18.1 Å². The quantitative estimate of drug-likeness (QED) is 0.614. The molecule has 0 bridgehead atoms. The Kier molecular flexibility index (Phi) is 5.84. The molecule has 1 saturated heterocycles. The van der Waals surface area contributed by atoms with Crippen LogP contribution in [0.4, 0.5) is 5.13 Å². The summed E-state index contributed by atoms with van der Waals surface area (Å²) >= 11 is 1.51. The maximum Gasteiger partial charge on any atom is 0.263 e. The summed E-state index contributed by atoms with van der Waals surface area (Å²) in [5, 5.41) is 0.685. The van der Waals surface area contributed by atoms with Crippen molar-refractivity contribution in [3.63, 3.8) is 0 Å². The van der Waals surface area contributed by atoms with Crippen molar-refractivity contribution in [1.29, 1.82) is 0 Å². The van der Waals surface area contributed by atoms with Crippen LogP contribution in [-0.4, -0.2) is 62.3 Å². The average Bonchev–Trinajstić information content (AvgIpc) is 3.30. The molecule has 2 aromatic heterocycles. The van der Waals surface area contributed by atoms with Crippen LogP contribution >= 0.6 is 11.3 Å². The van der Waals surface area contributed by atoms with Crippen LogP contribution in [0.15, 0.2) is 28.7 Å². The first-order valence-corrected chi connectivity index (χ1v) is 10.5. The molecule has 3 aromatic rings. The van der Waals surface area contributed by atoms with E-state index in [4.69, 9.17) is 18.9 Å². The van der Waals surface area contributed by atoms with Crippen LogP contribution < -0.4 is 9.64 Å². The second-order valence-electron chi connectivity index (χ2n) is 7.07. The molecular weight excluding hydrogens is 390 g/mol. The lowest BCUT2D eigenvalue weighted by Gasteiger charge is -2.29. The largest absolute Gasteiger partial charge is 0.497 e. The fourth-order valence-electron chi connectivity index (χ4n) is 3.48. The highest BCUT2D eigenvalue weighted by Gasteiger charge is 2.25. The van der Waals surface area contributed by atoms with E-state index in [1.807, 2.05) is 32.0 Å². The third-order valence-corrected chi connectivity index (χ3v) is 6.13.